The van der Waals surface area contributed by atoms with Crippen LogP contribution in [-0.4, -0.2) is 71.3 Å². The molecule has 0 bridgehead atoms. The molecule has 2 fully saturated rings. The maximum atomic E-state index is 13.3. The molecule has 1 unspecified atom stereocenters. The molecule has 2 aliphatic rings. The van der Waals surface area contributed by atoms with Gasteiger partial charge in [-0.15, -0.1) is 11.3 Å². The molecular weight excluding hydrogens is 408 g/mol. The van der Waals surface area contributed by atoms with Crippen LogP contribution in [0.25, 0.3) is 10.1 Å². The molecule has 5 rings (SSSR count). The van der Waals surface area contributed by atoms with Crippen molar-refractivity contribution in [3.8, 4) is 0 Å². The molecule has 1 N–H and O–H groups in total. The number of hydrogen-bond donors (Lipinski definition) is 1. The zero-order chi connectivity index (χ0) is 20.7. The number of nitrogens with one attached hydrogen (secondary N) is 1. The van der Waals surface area contributed by atoms with E-state index in [4.69, 9.17) is 4.74 Å². The van der Waals surface area contributed by atoms with Crippen molar-refractivity contribution < 1.29 is 19.0 Å². The van der Waals surface area contributed by atoms with Gasteiger partial charge in [0.2, 0.25) is 5.69 Å². The molecule has 10 heteroatoms. The first-order chi connectivity index (χ1) is 14.6. The smallest absolute Gasteiger partial charge is 0.313 e. The first-order valence-corrected chi connectivity index (χ1v) is 10.7. The van der Waals surface area contributed by atoms with Crippen molar-refractivity contribution in [3.05, 3.63) is 50.8 Å². The largest absolute Gasteiger partial charge is 0.378 e. The van der Waals surface area contributed by atoms with E-state index in [0.717, 1.165) is 20.5 Å². The highest BCUT2D eigenvalue weighted by atomic mass is 32.1. The van der Waals surface area contributed by atoms with Crippen LogP contribution >= 0.6 is 11.3 Å². The van der Waals surface area contributed by atoms with Gasteiger partial charge >= 0.3 is 5.56 Å². The first kappa shape index (κ1) is 19.0. The highest BCUT2D eigenvalue weighted by molar-refractivity contribution is 7.21. The quantitative estimate of drug-likeness (QED) is 0.680. The lowest BCUT2D eigenvalue weighted by Gasteiger charge is -2.27. The Balaban J connectivity index is 1.48. The van der Waals surface area contributed by atoms with Gasteiger partial charge in [-0.25, -0.2) is 0 Å². The molecule has 0 radical (unpaired) electrons. The number of likely N-dealkylation sites (tertiary alicyclic amines) is 1. The summed E-state index contributed by atoms with van der Waals surface area (Å²) in [7, 11) is 0. The summed E-state index contributed by atoms with van der Waals surface area (Å²) in [4.78, 5) is 41.9. The number of hydrogen-bond acceptors (Lipinski definition) is 7. The molecule has 0 spiro atoms. The maximum Gasteiger partial charge on any atom is 0.313 e. The summed E-state index contributed by atoms with van der Waals surface area (Å²) in [5, 5.41) is 6.60. The summed E-state index contributed by atoms with van der Waals surface area (Å²) >= 11 is 1.50. The summed E-state index contributed by atoms with van der Waals surface area (Å²) in [6, 6.07) is 7.98. The molecule has 2 amide bonds. The molecule has 3 aromatic rings. The molecule has 2 aromatic heterocycles. The Morgan fingerprint density at radius 2 is 1.90 bits per heavy atom. The number of benzene rings is 1. The van der Waals surface area contributed by atoms with Crippen LogP contribution < -0.4 is 5.56 Å². The number of aromatic amines is 1. The Morgan fingerprint density at radius 1 is 1.10 bits per heavy atom. The number of carbonyl (C=O) groups is 2. The van der Waals surface area contributed by atoms with E-state index in [2.05, 4.69) is 9.79 Å². The molecule has 156 valence electrons. The first-order valence-electron chi connectivity index (χ1n) is 9.85. The van der Waals surface area contributed by atoms with Crippen LogP contribution in [0.1, 0.15) is 38.1 Å². The highest BCUT2D eigenvalue weighted by Gasteiger charge is 2.35. The molecule has 9 nitrogen and oxygen atoms in total. The van der Waals surface area contributed by atoms with Gasteiger partial charge in [-0.2, -0.15) is 5.16 Å². The summed E-state index contributed by atoms with van der Waals surface area (Å²) in [5.41, 5.74) is 0.125. The minimum Gasteiger partial charge on any atom is -0.378 e. The van der Waals surface area contributed by atoms with Crippen LogP contribution in [0.2, 0.25) is 0 Å². The number of aromatic nitrogens is 2. The molecule has 2 aliphatic heterocycles. The second kappa shape index (κ2) is 7.69. The topological polar surface area (TPSA) is 109 Å². The van der Waals surface area contributed by atoms with Crippen molar-refractivity contribution in [3.63, 3.8) is 0 Å². The van der Waals surface area contributed by atoms with E-state index in [0.29, 0.717) is 45.8 Å². The number of morpholine rings is 1. The molecule has 2 saturated heterocycles. The highest BCUT2D eigenvalue weighted by Crippen LogP contribution is 2.40. The van der Waals surface area contributed by atoms with E-state index in [1.165, 1.54) is 11.3 Å². The van der Waals surface area contributed by atoms with Gasteiger partial charge < -0.3 is 14.5 Å². The van der Waals surface area contributed by atoms with E-state index in [9.17, 15) is 14.4 Å². The predicted octanol–water partition coefficient (Wildman–Crippen LogP) is 1.68. The van der Waals surface area contributed by atoms with Gasteiger partial charge in [0.25, 0.3) is 11.8 Å². The van der Waals surface area contributed by atoms with Crippen LogP contribution in [0.3, 0.4) is 0 Å². The lowest BCUT2D eigenvalue weighted by atomic mass is 9.94. The molecular formula is C20H20N4O5S. The standard InChI is InChI=1S/C20H20N4O5S/c25-18-16(21-29-22-18)19(26)24-6-5-12(11-24)15-13-3-1-2-4-14(13)30-17(15)20(27)23-7-9-28-10-8-23/h1-4,12H,5-11H2,(H,22,25). The van der Waals surface area contributed by atoms with Crippen molar-refractivity contribution in [2.75, 3.05) is 39.4 Å². The lowest BCUT2D eigenvalue weighted by Crippen LogP contribution is -2.40. The average Bonchev–Trinajstić information content (AvgIpc) is 3.51. The van der Waals surface area contributed by atoms with Crippen molar-refractivity contribution in [2.45, 2.75) is 12.3 Å². The van der Waals surface area contributed by atoms with E-state index in [1.807, 2.05) is 34.3 Å². The average molecular weight is 428 g/mol. The third-order valence-electron chi connectivity index (χ3n) is 5.70. The maximum absolute atomic E-state index is 13.3. The second-order valence-corrected chi connectivity index (χ2v) is 8.50. The summed E-state index contributed by atoms with van der Waals surface area (Å²) in [5.74, 6) is -0.420. The predicted molar refractivity (Wildman–Crippen MR) is 109 cm³/mol. The summed E-state index contributed by atoms with van der Waals surface area (Å²) < 4.78 is 10.9. The minimum atomic E-state index is -0.632. The number of carbonyl (C=O) groups excluding carboxylic acids is 2. The van der Waals surface area contributed by atoms with Crippen LogP contribution in [0.15, 0.2) is 33.7 Å². The van der Waals surface area contributed by atoms with Gasteiger partial charge in [-0.3, -0.25) is 19.0 Å². The van der Waals surface area contributed by atoms with Crippen LogP contribution in [0.4, 0.5) is 0 Å². The summed E-state index contributed by atoms with van der Waals surface area (Å²) in [6.45, 7) is 3.17. The van der Waals surface area contributed by atoms with Gasteiger partial charge in [0.15, 0.2) is 0 Å². The van der Waals surface area contributed by atoms with Crippen LogP contribution in [-0.2, 0) is 4.74 Å². The third kappa shape index (κ3) is 3.21. The van der Waals surface area contributed by atoms with E-state index < -0.39 is 11.5 Å². The number of H-pyrrole nitrogens is 1. The normalized spacial score (nSPS) is 19.5. The van der Waals surface area contributed by atoms with Crippen molar-refractivity contribution in [2.24, 2.45) is 0 Å². The number of ether oxygens (including phenoxy) is 1. The lowest BCUT2D eigenvalue weighted by molar-refractivity contribution is 0.0305. The Labute approximate surface area is 175 Å². The fraction of sp³-hybridized carbons (Fsp3) is 0.400. The molecule has 4 heterocycles. The number of amides is 2. The number of rotatable bonds is 3. The van der Waals surface area contributed by atoms with Crippen LogP contribution in [0.5, 0.6) is 0 Å². The van der Waals surface area contributed by atoms with E-state index >= 15 is 0 Å². The molecule has 0 aliphatic carbocycles. The van der Waals surface area contributed by atoms with Gasteiger partial charge in [-0.1, -0.05) is 18.2 Å². The molecule has 1 atom stereocenters. The Morgan fingerprint density at radius 3 is 2.67 bits per heavy atom. The van der Waals surface area contributed by atoms with Crippen molar-refractivity contribution in [1.82, 2.24) is 20.1 Å². The molecule has 30 heavy (non-hydrogen) atoms. The number of nitrogens with zero attached hydrogens (tertiary/aromatic N) is 3. The molecule has 0 saturated carbocycles. The summed E-state index contributed by atoms with van der Waals surface area (Å²) in [6.07, 6.45) is 0.714. The van der Waals surface area contributed by atoms with Crippen molar-refractivity contribution >= 4 is 33.2 Å². The van der Waals surface area contributed by atoms with Gasteiger partial charge in [-0.05, 0) is 28.6 Å². The second-order valence-electron chi connectivity index (χ2n) is 7.44. The fourth-order valence-electron chi connectivity index (χ4n) is 4.21. The minimum absolute atomic E-state index is 0.0103. The number of fused-ring (bicyclic) bond motifs is 1. The SMILES string of the molecule is O=C(c1sc2ccccc2c1C1CCN(C(=O)c2no[nH]c2=O)C1)N1CCOCC1. The monoisotopic (exact) mass is 428 g/mol. The third-order valence-corrected chi connectivity index (χ3v) is 6.88. The Kier molecular flexibility index (Phi) is 4.87. The van der Waals surface area contributed by atoms with Crippen molar-refractivity contribution in [1.29, 1.82) is 0 Å². The Hall–Kier alpha value is -2.98. The molecule has 1 aromatic carbocycles. The Bertz CT molecular complexity index is 1160. The number of thiophene rings is 1. The van der Waals surface area contributed by atoms with Gasteiger partial charge in [0.1, 0.15) is 0 Å². The fourth-order valence-corrected chi connectivity index (χ4v) is 5.46. The van der Waals surface area contributed by atoms with Crippen LogP contribution in [0, 0.1) is 0 Å². The zero-order valence-electron chi connectivity index (χ0n) is 16.1. The zero-order valence-corrected chi connectivity index (χ0v) is 16.9. The van der Waals surface area contributed by atoms with E-state index in [1.54, 1.807) is 4.90 Å². The van der Waals surface area contributed by atoms with Gasteiger partial charge in [0, 0.05) is 36.8 Å². The van der Waals surface area contributed by atoms with E-state index in [-0.39, 0.29) is 17.5 Å². The van der Waals surface area contributed by atoms with Gasteiger partial charge in [0.05, 0.1) is 18.1 Å².